The predicted octanol–water partition coefficient (Wildman–Crippen LogP) is 0.551. The molecule has 4 nitrogen and oxygen atoms in total. The van der Waals surface area contributed by atoms with Crippen LogP contribution < -0.4 is 4.98 Å². The summed E-state index contributed by atoms with van der Waals surface area (Å²) >= 11 is 0. The van der Waals surface area contributed by atoms with Crippen LogP contribution in [0, 0.1) is 0 Å². The van der Waals surface area contributed by atoms with Crippen molar-refractivity contribution in [1.82, 2.24) is 10.1 Å². The van der Waals surface area contributed by atoms with Crippen molar-refractivity contribution < 1.29 is 9.51 Å². The number of rotatable bonds is 1. The van der Waals surface area contributed by atoms with Gasteiger partial charge in [-0.1, -0.05) is 5.16 Å². The van der Waals surface area contributed by atoms with Gasteiger partial charge in [-0.2, -0.15) is 4.98 Å². The van der Waals surface area contributed by atoms with Gasteiger partial charge in [-0.15, -0.1) is 0 Å². The summed E-state index contributed by atoms with van der Waals surface area (Å²) in [4.78, 5) is 6.81. The van der Waals surface area contributed by atoms with E-state index in [-0.39, 0.29) is 0 Å². The highest BCUT2D eigenvalue weighted by Gasteiger charge is 2.03. The third-order valence-electron chi connectivity index (χ3n) is 1.32. The van der Waals surface area contributed by atoms with E-state index in [1.807, 2.05) is 18.3 Å². The van der Waals surface area contributed by atoms with Crippen molar-refractivity contribution in [3.63, 3.8) is 0 Å². The summed E-state index contributed by atoms with van der Waals surface area (Å²) in [6.07, 6.45) is 5.00. The van der Waals surface area contributed by atoms with Gasteiger partial charge in [-0.25, -0.2) is 4.98 Å². The Balaban J connectivity index is 2.46. The molecule has 0 saturated heterocycles. The molecule has 0 atom stereocenters. The Kier molecular flexibility index (Phi) is 1.37. The number of nitrogens with one attached hydrogen (secondary N) is 1. The van der Waals surface area contributed by atoms with Gasteiger partial charge in [0.15, 0.2) is 18.7 Å². The first-order valence-corrected chi connectivity index (χ1v) is 3.20. The minimum absolute atomic E-state index is 0.529. The van der Waals surface area contributed by atoms with Crippen molar-refractivity contribution in [2.75, 3.05) is 0 Å². The van der Waals surface area contributed by atoms with Gasteiger partial charge in [0.1, 0.15) is 5.56 Å². The number of aromatic amines is 1. The number of nitrogens with zero attached hydrogens (tertiary/aromatic N) is 2. The van der Waals surface area contributed by atoms with E-state index in [2.05, 4.69) is 15.1 Å². The SMILES string of the molecule is c1c[nH+]cc(-c2ncno2)c1. The number of aromatic nitrogens is 3. The molecule has 2 aromatic rings. The smallest absolute Gasteiger partial charge is 0.263 e. The van der Waals surface area contributed by atoms with Crippen molar-refractivity contribution in [2.45, 2.75) is 0 Å². The normalized spacial score (nSPS) is 9.82. The van der Waals surface area contributed by atoms with E-state index >= 15 is 0 Å². The van der Waals surface area contributed by atoms with E-state index in [0.29, 0.717) is 5.89 Å². The summed E-state index contributed by atoms with van der Waals surface area (Å²) in [6.45, 7) is 0. The minimum Gasteiger partial charge on any atom is -0.334 e. The molecule has 0 aliphatic rings. The molecule has 0 aliphatic heterocycles. The van der Waals surface area contributed by atoms with Gasteiger partial charge in [-0.05, 0) is 6.07 Å². The first kappa shape index (κ1) is 6.03. The van der Waals surface area contributed by atoms with Crippen molar-refractivity contribution in [3.05, 3.63) is 30.9 Å². The van der Waals surface area contributed by atoms with Crippen LogP contribution in [0.25, 0.3) is 11.5 Å². The van der Waals surface area contributed by atoms with Crippen molar-refractivity contribution in [3.8, 4) is 11.5 Å². The molecule has 0 aliphatic carbocycles. The van der Waals surface area contributed by atoms with Gasteiger partial charge in [-0.3, -0.25) is 0 Å². The molecule has 2 rings (SSSR count). The van der Waals surface area contributed by atoms with E-state index in [1.54, 1.807) is 6.20 Å². The first-order valence-electron chi connectivity index (χ1n) is 3.20. The number of pyridine rings is 1. The highest BCUT2D eigenvalue weighted by molar-refractivity contribution is 5.48. The van der Waals surface area contributed by atoms with Gasteiger partial charge in [0.25, 0.3) is 5.89 Å². The molecule has 11 heavy (non-hydrogen) atoms. The lowest BCUT2D eigenvalue weighted by Crippen LogP contribution is -1.97. The molecule has 0 radical (unpaired) electrons. The zero-order valence-electron chi connectivity index (χ0n) is 5.69. The quantitative estimate of drug-likeness (QED) is 0.593. The van der Waals surface area contributed by atoms with E-state index in [4.69, 9.17) is 4.52 Å². The summed E-state index contributed by atoms with van der Waals surface area (Å²) in [5.41, 5.74) is 0.894. The summed E-state index contributed by atoms with van der Waals surface area (Å²) < 4.78 is 4.84. The molecule has 54 valence electrons. The number of H-pyrrole nitrogens is 1. The van der Waals surface area contributed by atoms with E-state index in [9.17, 15) is 0 Å². The molecule has 0 fully saturated rings. The molecular formula is C7H6N3O+. The maximum Gasteiger partial charge on any atom is 0.263 e. The highest BCUT2D eigenvalue weighted by atomic mass is 16.5. The van der Waals surface area contributed by atoms with Gasteiger partial charge in [0.05, 0.1) is 0 Å². The average Bonchev–Trinajstić information content (AvgIpc) is 2.58. The fourth-order valence-corrected chi connectivity index (χ4v) is 0.827. The van der Waals surface area contributed by atoms with Crippen LogP contribution in [0.15, 0.2) is 35.4 Å². The lowest BCUT2D eigenvalue weighted by Gasteiger charge is -1.84. The second kappa shape index (κ2) is 2.49. The van der Waals surface area contributed by atoms with Crippen LogP contribution in [-0.2, 0) is 0 Å². The Bertz CT molecular complexity index is 317. The summed E-state index contributed by atoms with van der Waals surface area (Å²) in [6, 6.07) is 3.77. The topological polar surface area (TPSA) is 53.1 Å². The summed E-state index contributed by atoms with van der Waals surface area (Å²) in [7, 11) is 0. The van der Waals surface area contributed by atoms with Gasteiger partial charge in [0, 0.05) is 6.07 Å². The second-order valence-corrected chi connectivity index (χ2v) is 2.04. The van der Waals surface area contributed by atoms with Gasteiger partial charge in [0.2, 0.25) is 0 Å². The Morgan fingerprint density at radius 2 is 2.45 bits per heavy atom. The highest BCUT2D eigenvalue weighted by Crippen LogP contribution is 2.11. The number of hydrogen-bond donors (Lipinski definition) is 0. The van der Waals surface area contributed by atoms with Crippen LogP contribution in [-0.4, -0.2) is 10.1 Å². The molecule has 0 aromatic carbocycles. The molecule has 2 aromatic heterocycles. The van der Waals surface area contributed by atoms with E-state index in [0.717, 1.165) is 5.56 Å². The van der Waals surface area contributed by atoms with Gasteiger partial charge >= 0.3 is 0 Å². The van der Waals surface area contributed by atoms with E-state index < -0.39 is 0 Å². The summed E-state index contributed by atoms with van der Waals surface area (Å²) in [5.74, 6) is 0.529. The number of hydrogen-bond acceptors (Lipinski definition) is 3. The second-order valence-electron chi connectivity index (χ2n) is 2.04. The van der Waals surface area contributed by atoms with Crippen molar-refractivity contribution in [1.29, 1.82) is 0 Å². The lowest BCUT2D eigenvalue weighted by atomic mass is 10.3. The molecule has 0 saturated carbocycles. The fraction of sp³-hybridized carbons (Fsp3) is 0. The first-order chi connectivity index (χ1) is 5.47. The molecule has 0 bridgehead atoms. The van der Waals surface area contributed by atoms with E-state index in [1.165, 1.54) is 6.33 Å². The van der Waals surface area contributed by atoms with Crippen LogP contribution in [0.5, 0.6) is 0 Å². The van der Waals surface area contributed by atoms with Crippen LogP contribution in [0.2, 0.25) is 0 Å². The fourth-order valence-electron chi connectivity index (χ4n) is 0.827. The summed E-state index contributed by atoms with van der Waals surface area (Å²) in [5, 5.41) is 3.50. The van der Waals surface area contributed by atoms with Gasteiger partial charge < -0.3 is 4.52 Å². The molecular weight excluding hydrogens is 142 g/mol. The third-order valence-corrected chi connectivity index (χ3v) is 1.32. The molecule has 1 N–H and O–H groups in total. The van der Waals surface area contributed by atoms with Crippen LogP contribution in [0.4, 0.5) is 0 Å². The predicted molar refractivity (Wildman–Crippen MR) is 36.3 cm³/mol. The minimum atomic E-state index is 0.529. The Morgan fingerprint density at radius 1 is 1.45 bits per heavy atom. The Morgan fingerprint density at radius 3 is 3.09 bits per heavy atom. The maximum atomic E-state index is 4.84. The molecule has 0 spiro atoms. The lowest BCUT2D eigenvalue weighted by molar-refractivity contribution is -0.377. The monoisotopic (exact) mass is 148 g/mol. The Labute approximate surface area is 62.9 Å². The van der Waals surface area contributed by atoms with Crippen LogP contribution >= 0.6 is 0 Å². The standard InChI is InChI=1S/C7H5N3O/c1-2-6(4-8-3-1)7-9-5-10-11-7/h1-5H/p+1. The largest absolute Gasteiger partial charge is 0.334 e. The van der Waals surface area contributed by atoms with Crippen molar-refractivity contribution in [2.24, 2.45) is 0 Å². The molecule has 4 heteroatoms. The van der Waals surface area contributed by atoms with Crippen molar-refractivity contribution >= 4 is 0 Å². The van der Waals surface area contributed by atoms with Crippen LogP contribution in [0.1, 0.15) is 0 Å². The zero-order valence-corrected chi connectivity index (χ0v) is 5.69. The zero-order chi connectivity index (χ0) is 7.52. The maximum absolute atomic E-state index is 4.84. The average molecular weight is 148 g/mol. The molecule has 2 heterocycles. The third kappa shape index (κ3) is 1.10. The Hall–Kier alpha value is -1.71. The molecule has 0 amide bonds. The molecule has 0 unspecified atom stereocenters. The van der Waals surface area contributed by atoms with Crippen LogP contribution in [0.3, 0.4) is 0 Å².